The van der Waals surface area contributed by atoms with Gasteiger partial charge in [-0.2, -0.15) is 0 Å². The molecular weight excluding hydrogens is 446 g/mol. The van der Waals surface area contributed by atoms with Crippen LogP contribution >= 0.6 is 0 Å². The summed E-state index contributed by atoms with van der Waals surface area (Å²) in [6, 6.07) is 14.5. The summed E-state index contributed by atoms with van der Waals surface area (Å²) in [6.07, 6.45) is 5.06. The molecule has 2 rings (SSSR count). The molecule has 0 fully saturated rings. The highest BCUT2D eigenvalue weighted by Crippen LogP contribution is 2.15. The lowest BCUT2D eigenvalue weighted by molar-refractivity contribution is -0.124. The number of nitrogens with zero attached hydrogens (tertiary/aromatic N) is 1. The molecule has 3 amide bonds. The van der Waals surface area contributed by atoms with E-state index in [0.717, 1.165) is 19.3 Å². The Labute approximate surface area is 208 Å². The molecule has 0 saturated carbocycles. The molecule has 0 bridgehead atoms. The summed E-state index contributed by atoms with van der Waals surface area (Å²) in [5.41, 5.74) is 2.33. The van der Waals surface area contributed by atoms with Crippen LogP contribution in [0.15, 0.2) is 48.5 Å². The Hall–Kier alpha value is -3.39. The first kappa shape index (κ1) is 27.9. The zero-order chi connectivity index (χ0) is 25.5. The Bertz CT molecular complexity index is 929. The Morgan fingerprint density at radius 1 is 0.886 bits per heavy atom. The zero-order valence-corrected chi connectivity index (χ0v) is 21.0. The van der Waals surface area contributed by atoms with Crippen LogP contribution in [-0.2, 0) is 20.7 Å². The van der Waals surface area contributed by atoms with E-state index < -0.39 is 5.91 Å². The van der Waals surface area contributed by atoms with E-state index in [1.807, 2.05) is 24.3 Å². The van der Waals surface area contributed by atoms with Crippen LogP contribution in [0.3, 0.4) is 0 Å². The summed E-state index contributed by atoms with van der Waals surface area (Å²) in [6.45, 7) is 2.68. The molecule has 0 aliphatic carbocycles. The molecule has 0 heterocycles. The fourth-order valence-corrected chi connectivity index (χ4v) is 3.52. The van der Waals surface area contributed by atoms with Crippen LogP contribution in [0.25, 0.3) is 0 Å². The van der Waals surface area contributed by atoms with E-state index in [-0.39, 0.29) is 24.9 Å². The monoisotopic (exact) mass is 483 g/mol. The first-order chi connectivity index (χ1) is 17.0. The summed E-state index contributed by atoms with van der Waals surface area (Å²) in [5, 5.41) is 5.30. The molecule has 2 aromatic carbocycles. The minimum atomic E-state index is -0.406. The first-order valence-corrected chi connectivity index (χ1v) is 12.0. The first-order valence-electron chi connectivity index (χ1n) is 12.0. The molecule has 2 aromatic rings. The van der Waals surface area contributed by atoms with Gasteiger partial charge >= 0.3 is 0 Å². The highest BCUT2D eigenvalue weighted by atomic mass is 16.5. The van der Waals surface area contributed by atoms with Gasteiger partial charge in [0, 0.05) is 31.5 Å². The molecule has 0 radical (unpaired) electrons. The fourth-order valence-electron chi connectivity index (χ4n) is 3.52. The smallest absolute Gasteiger partial charge is 0.254 e. The lowest BCUT2D eigenvalue weighted by Gasteiger charge is -2.22. The Kier molecular flexibility index (Phi) is 12.3. The Morgan fingerprint density at radius 2 is 1.60 bits per heavy atom. The lowest BCUT2D eigenvalue weighted by atomic mass is 10.0. The minimum Gasteiger partial charge on any atom is -0.497 e. The van der Waals surface area contributed by atoms with Crippen LogP contribution in [0, 0.1) is 0 Å². The van der Waals surface area contributed by atoms with Crippen LogP contribution in [0.1, 0.15) is 48.5 Å². The van der Waals surface area contributed by atoms with Crippen LogP contribution in [0.2, 0.25) is 0 Å². The van der Waals surface area contributed by atoms with Gasteiger partial charge in [-0.15, -0.1) is 0 Å². The summed E-state index contributed by atoms with van der Waals surface area (Å²) < 4.78 is 10.2. The normalized spacial score (nSPS) is 10.5. The van der Waals surface area contributed by atoms with E-state index in [1.54, 1.807) is 38.5 Å². The van der Waals surface area contributed by atoms with Gasteiger partial charge in [-0.25, -0.2) is 0 Å². The number of rotatable bonds is 15. The SMILES string of the molecule is CCCCCc1ccc(C(=O)N(CCCOC)CC(=O)NCC(=O)Nc2ccc(OC)cc2)cc1. The second-order valence-corrected chi connectivity index (χ2v) is 8.28. The van der Waals surface area contributed by atoms with E-state index in [2.05, 4.69) is 17.6 Å². The standard InChI is InChI=1S/C27H37N3O5/c1-4-5-6-8-21-9-11-22(12-10-21)27(33)30(17-7-18-34-2)20-26(32)28-19-25(31)29-23-13-15-24(35-3)16-14-23/h9-16H,4-8,17-20H2,1-3H3,(H,28,32)(H,29,31). The molecule has 0 aliphatic rings. The second-order valence-electron chi connectivity index (χ2n) is 8.28. The molecule has 8 heteroatoms. The van der Waals surface area contributed by atoms with Gasteiger partial charge in [-0.05, 0) is 61.2 Å². The van der Waals surface area contributed by atoms with Crippen molar-refractivity contribution >= 4 is 23.4 Å². The molecule has 0 unspecified atom stereocenters. The van der Waals surface area contributed by atoms with Crippen molar-refractivity contribution in [1.29, 1.82) is 0 Å². The predicted molar refractivity (Wildman–Crippen MR) is 137 cm³/mol. The number of amides is 3. The molecule has 0 aliphatic heterocycles. The van der Waals surface area contributed by atoms with Crippen molar-refractivity contribution in [2.24, 2.45) is 0 Å². The maximum absolute atomic E-state index is 13.1. The van der Waals surface area contributed by atoms with E-state index in [4.69, 9.17) is 9.47 Å². The Morgan fingerprint density at radius 3 is 2.23 bits per heavy atom. The van der Waals surface area contributed by atoms with Gasteiger partial charge in [0.15, 0.2) is 0 Å². The highest BCUT2D eigenvalue weighted by Gasteiger charge is 2.19. The van der Waals surface area contributed by atoms with Crippen LogP contribution in [0.5, 0.6) is 5.75 Å². The number of carbonyl (C=O) groups excluding carboxylic acids is 3. The average Bonchev–Trinajstić information content (AvgIpc) is 2.87. The number of hydrogen-bond donors (Lipinski definition) is 2. The van der Waals surface area contributed by atoms with Crippen molar-refractivity contribution in [2.45, 2.75) is 39.0 Å². The van der Waals surface area contributed by atoms with Crippen molar-refractivity contribution in [3.05, 3.63) is 59.7 Å². The number of nitrogens with one attached hydrogen (secondary N) is 2. The molecule has 190 valence electrons. The molecule has 0 spiro atoms. The number of anilines is 1. The maximum atomic E-state index is 13.1. The number of ether oxygens (including phenoxy) is 2. The molecule has 8 nitrogen and oxygen atoms in total. The number of benzene rings is 2. The van der Waals surface area contributed by atoms with Crippen molar-refractivity contribution in [3.8, 4) is 5.75 Å². The summed E-state index contributed by atoms with van der Waals surface area (Å²) >= 11 is 0. The van der Waals surface area contributed by atoms with Gasteiger partial charge in [-0.3, -0.25) is 14.4 Å². The largest absolute Gasteiger partial charge is 0.497 e. The number of unbranched alkanes of at least 4 members (excludes halogenated alkanes) is 2. The third-order valence-corrected chi connectivity index (χ3v) is 5.49. The molecule has 0 saturated heterocycles. The van der Waals surface area contributed by atoms with Crippen LogP contribution in [0.4, 0.5) is 5.69 Å². The molecule has 35 heavy (non-hydrogen) atoms. The third-order valence-electron chi connectivity index (χ3n) is 5.49. The summed E-state index contributed by atoms with van der Waals surface area (Å²) in [7, 11) is 3.16. The second kappa shape index (κ2) is 15.5. The van der Waals surface area contributed by atoms with Gasteiger partial charge in [0.05, 0.1) is 20.2 Å². The van der Waals surface area contributed by atoms with Crippen molar-refractivity contribution in [2.75, 3.05) is 45.8 Å². The van der Waals surface area contributed by atoms with Gasteiger partial charge in [-0.1, -0.05) is 31.9 Å². The van der Waals surface area contributed by atoms with Crippen molar-refractivity contribution in [1.82, 2.24) is 10.2 Å². The Balaban J connectivity index is 1.91. The number of carbonyl (C=O) groups is 3. The van der Waals surface area contributed by atoms with Crippen molar-refractivity contribution in [3.63, 3.8) is 0 Å². The topological polar surface area (TPSA) is 97.0 Å². The zero-order valence-electron chi connectivity index (χ0n) is 21.0. The predicted octanol–water partition coefficient (Wildman–Crippen LogP) is 3.66. The quantitative estimate of drug-likeness (QED) is 0.377. The summed E-state index contributed by atoms with van der Waals surface area (Å²) in [5.74, 6) is -0.309. The number of methoxy groups -OCH3 is 2. The van der Waals surface area contributed by atoms with Gasteiger partial charge in [0.2, 0.25) is 11.8 Å². The van der Waals surface area contributed by atoms with Crippen LogP contribution < -0.4 is 15.4 Å². The maximum Gasteiger partial charge on any atom is 0.254 e. The van der Waals surface area contributed by atoms with Crippen LogP contribution in [-0.4, -0.2) is 63.1 Å². The van der Waals surface area contributed by atoms with Gasteiger partial charge in [0.1, 0.15) is 5.75 Å². The van der Waals surface area contributed by atoms with Gasteiger partial charge in [0.25, 0.3) is 5.91 Å². The van der Waals surface area contributed by atoms with E-state index in [9.17, 15) is 14.4 Å². The molecular formula is C27H37N3O5. The van der Waals surface area contributed by atoms with E-state index in [0.29, 0.717) is 36.6 Å². The molecule has 0 atom stereocenters. The molecule has 2 N–H and O–H groups in total. The third kappa shape index (κ3) is 10.2. The number of aryl methyl sites for hydroxylation is 1. The minimum absolute atomic E-state index is 0.142. The van der Waals surface area contributed by atoms with Gasteiger partial charge < -0.3 is 25.0 Å². The summed E-state index contributed by atoms with van der Waals surface area (Å²) in [4.78, 5) is 39.3. The van der Waals surface area contributed by atoms with E-state index in [1.165, 1.54) is 16.9 Å². The fraction of sp³-hybridized carbons (Fsp3) is 0.444. The average molecular weight is 484 g/mol. The highest BCUT2D eigenvalue weighted by molar-refractivity contribution is 5.98. The molecule has 0 aromatic heterocycles. The van der Waals surface area contributed by atoms with Crippen molar-refractivity contribution < 1.29 is 23.9 Å². The van der Waals surface area contributed by atoms with E-state index >= 15 is 0 Å². The number of hydrogen-bond acceptors (Lipinski definition) is 5. The lowest BCUT2D eigenvalue weighted by Crippen LogP contribution is -2.43.